The Kier molecular flexibility index (Phi) is 7.10. The maximum Gasteiger partial charge on any atom is 0.344 e. The summed E-state index contributed by atoms with van der Waals surface area (Å²) in [5, 5.41) is 8.56. The molecule has 0 saturated carbocycles. The van der Waals surface area contributed by atoms with E-state index in [4.69, 9.17) is 9.26 Å². The first-order chi connectivity index (χ1) is 12.9. The van der Waals surface area contributed by atoms with Gasteiger partial charge in [-0.1, -0.05) is 49.3 Å². The van der Waals surface area contributed by atoms with Crippen LogP contribution in [0.1, 0.15) is 36.4 Å². The first-order valence-electron chi connectivity index (χ1n) is 8.65. The molecule has 0 aliphatic carbocycles. The molecule has 0 radical (unpaired) electrons. The van der Waals surface area contributed by atoms with Crippen LogP contribution in [0.2, 0.25) is 0 Å². The van der Waals surface area contributed by atoms with Crippen LogP contribution >= 0.6 is 0 Å². The molecule has 0 bridgehead atoms. The molecular formula is C19H23N3O5. The molecule has 1 aromatic carbocycles. The summed E-state index contributed by atoms with van der Waals surface area (Å²) in [6, 6.07) is 8.39. The second-order valence-corrected chi connectivity index (χ2v) is 6.39. The number of aryl methyl sites for hydroxylation is 1. The van der Waals surface area contributed by atoms with Gasteiger partial charge in [0.05, 0.1) is 0 Å². The van der Waals surface area contributed by atoms with Crippen molar-refractivity contribution in [3.05, 3.63) is 41.7 Å². The average molecular weight is 373 g/mol. The van der Waals surface area contributed by atoms with Crippen LogP contribution in [-0.4, -0.2) is 36.2 Å². The summed E-state index contributed by atoms with van der Waals surface area (Å²) < 4.78 is 10.1. The summed E-state index contributed by atoms with van der Waals surface area (Å²) in [7, 11) is 0. The quantitative estimate of drug-likeness (QED) is 0.722. The molecule has 1 aromatic heterocycles. The van der Waals surface area contributed by atoms with Crippen LogP contribution in [0.3, 0.4) is 0 Å². The molecule has 0 atom stereocenters. The van der Waals surface area contributed by atoms with Crippen molar-refractivity contribution in [2.75, 3.05) is 13.2 Å². The summed E-state index contributed by atoms with van der Waals surface area (Å²) in [6.07, 6.45) is 0.797. The zero-order valence-corrected chi connectivity index (χ0v) is 15.6. The van der Waals surface area contributed by atoms with Gasteiger partial charge in [-0.15, -0.1) is 0 Å². The number of urea groups is 1. The molecule has 0 spiro atoms. The Bertz CT molecular complexity index is 799. The van der Waals surface area contributed by atoms with Crippen molar-refractivity contribution in [3.8, 4) is 11.3 Å². The van der Waals surface area contributed by atoms with Crippen LogP contribution in [0.4, 0.5) is 4.79 Å². The number of amides is 3. The molecule has 1 heterocycles. The van der Waals surface area contributed by atoms with Gasteiger partial charge in [-0.25, -0.2) is 9.59 Å². The SMILES string of the molecule is Cc1onc(-c2ccccc2)c1C(=O)OCC(=O)NC(=O)NCCC(C)C. The fraction of sp³-hybridized carbons (Fsp3) is 0.368. The van der Waals surface area contributed by atoms with Crippen LogP contribution < -0.4 is 10.6 Å². The Hall–Kier alpha value is -3.16. The first-order valence-corrected chi connectivity index (χ1v) is 8.65. The highest BCUT2D eigenvalue weighted by Crippen LogP contribution is 2.25. The average Bonchev–Trinajstić information content (AvgIpc) is 3.01. The van der Waals surface area contributed by atoms with Gasteiger partial charge in [0.15, 0.2) is 6.61 Å². The fourth-order valence-electron chi connectivity index (χ4n) is 2.29. The highest BCUT2D eigenvalue weighted by Gasteiger charge is 2.23. The molecule has 3 amide bonds. The third-order valence-electron chi connectivity index (χ3n) is 3.71. The number of nitrogens with one attached hydrogen (secondary N) is 2. The predicted octanol–water partition coefficient (Wildman–Crippen LogP) is 2.68. The maximum atomic E-state index is 12.4. The van der Waals surface area contributed by atoms with Gasteiger partial charge in [-0.05, 0) is 19.3 Å². The number of rotatable bonds is 7. The number of carbonyl (C=O) groups is 3. The third kappa shape index (κ3) is 5.95. The molecule has 8 nitrogen and oxygen atoms in total. The Morgan fingerprint density at radius 1 is 1.19 bits per heavy atom. The van der Waals surface area contributed by atoms with Gasteiger partial charge < -0.3 is 14.6 Å². The van der Waals surface area contributed by atoms with E-state index in [1.807, 2.05) is 19.9 Å². The Morgan fingerprint density at radius 3 is 2.56 bits per heavy atom. The Balaban J connectivity index is 1.90. The Morgan fingerprint density at radius 2 is 1.89 bits per heavy atom. The number of esters is 1. The molecule has 27 heavy (non-hydrogen) atoms. The van der Waals surface area contributed by atoms with Gasteiger partial charge in [0, 0.05) is 12.1 Å². The van der Waals surface area contributed by atoms with E-state index in [0.29, 0.717) is 23.7 Å². The number of hydrogen-bond donors (Lipinski definition) is 2. The molecule has 0 aliphatic heterocycles. The van der Waals surface area contributed by atoms with Gasteiger partial charge in [-0.2, -0.15) is 0 Å². The minimum Gasteiger partial charge on any atom is -0.452 e. The van der Waals surface area contributed by atoms with E-state index < -0.39 is 24.5 Å². The summed E-state index contributed by atoms with van der Waals surface area (Å²) in [5.74, 6) is -0.748. The van der Waals surface area contributed by atoms with E-state index in [1.165, 1.54) is 0 Å². The third-order valence-corrected chi connectivity index (χ3v) is 3.71. The van der Waals surface area contributed by atoms with Crippen LogP contribution in [0.5, 0.6) is 0 Å². The van der Waals surface area contributed by atoms with Crippen LogP contribution in [0.25, 0.3) is 11.3 Å². The number of carbonyl (C=O) groups excluding carboxylic acids is 3. The minimum atomic E-state index is -0.747. The molecule has 0 unspecified atom stereocenters. The smallest absolute Gasteiger partial charge is 0.344 e. The standard InChI is InChI=1S/C19H23N3O5/c1-12(2)9-10-20-19(25)21-15(23)11-26-18(24)16-13(3)27-22-17(16)14-7-5-4-6-8-14/h4-8,12H,9-11H2,1-3H3,(H2,20,21,23,25). The minimum absolute atomic E-state index is 0.149. The fourth-order valence-corrected chi connectivity index (χ4v) is 2.29. The van der Waals surface area contributed by atoms with E-state index in [2.05, 4.69) is 15.8 Å². The second-order valence-electron chi connectivity index (χ2n) is 6.39. The molecule has 0 aliphatic rings. The lowest BCUT2D eigenvalue weighted by Crippen LogP contribution is -2.42. The van der Waals surface area contributed by atoms with Crippen molar-refractivity contribution in [2.24, 2.45) is 5.92 Å². The maximum absolute atomic E-state index is 12.4. The summed E-state index contributed by atoms with van der Waals surface area (Å²) in [6.45, 7) is 5.51. The van der Waals surface area contributed by atoms with Crippen LogP contribution in [0.15, 0.2) is 34.9 Å². The number of ether oxygens (including phenoxy) is 1. The predicted molar refractivity (Wildman–Crippen MR) is 98.0 cm³/mol. The molecule has 0 fully saturated rings. The van der Waals surface area contributed by atoms with Gasteiger partial charge in [0.1, 0.15) is 17.0 Å². The zero-order valence-electron chi connectivity index (χ0n) is 15.6. The number of benzene rings is 1. The van der Waals surface area contributed by atoms with Gasteiger partial charge in [0.2, 0.25) is 0 Å². The number of hydrogen-bond acceptors (Lipinski definition) is 6. The van der Waals surface area contributed by atoms with Gasteiger partial charge in [0.25, 0.3) is 5.91 Å². The normalized spacial score (nSPS) is 10.5. The van der Waals surface area contributed by atoms with E-state index >= 15 is 0 Å². The van der Waals surface area contributed by atoms with E-state index in [0.717, 1.165) is 6.42 Å². The molecular weight excluding hydrogens is 350 g/mol. The van der Waals surface area contributed by atoms with Crippen molar-refractivity contribution in [1.29, 1.82) is 0 Å². The Labute approximate surface area is 157 Å². The van der Waals surface area contributed by atoms with Gasteiger partial charge in [-0.3, -0.25) is 10.1 Å². The van der Waals surface area contributed by atoms with E-state index in [9.17, 15) is 14.4 Å². The zero-order chi connectivity index (χ0) is 19.8. The molecule has 0 saturated heterocycles. The lowest BCUT2D eigenvalue weighted by Gasteiger charge is -2.08. The largest absolute Gasteiger partial charge is 0.452 e. The molecule has 2 N–H and O–H groups in total. The highest BCUT2D eigenvalue weighted by atomic mass is 16.5. The molecule has 2 rings (SSSR count). The number of imide groups is 1. The lowest BCUT2D eigenvalue weighted by molar-refractivity contribution is -0.123. The van der Waals surface area contributed by atoms with Crippen LogP contribution in [-0.2, 0) is 9.53 Å². The lowest BCUT2D eigenvalue weighted by atomic mass is 10.1. The van der Waals surface area contributed by atoms with Crippen molar-refractivity contribution in [3.63, 3.8) is 0 Å². The topological polar surface area (TPSA) is 111 Å². The van der Waals surface area contributed by atoms with Crippen molar-refractivity contribution >= 4 is 17.9 Å². The monoisotopic (exact) mass is 373 g/mol. The van der Waals surface area contributed by atoms with Crippen molar-refractivity contribution < 1.29 is 23.6 Å². The summed E-state index contributed by atoms with van der Waals surface area (Å²) in [4.78, 5) is 35.7. The second kappa shape index (κ2) is 9.51. The molecule has 2 aromatic rings. The van der Waals surface area contributed by atoms with E-state index in [-0.39, 0.29) is 11.3 Å². The number of nitrogens with zero attached hydrogens (tertiary/aromatic N) is 1. The van der Waals surface area contributed by atoms with Crippen molar-refractivity contribution in [2.45, 2.75) is 27.2 Å². The molecule has 8 heteroatoms. The summed E-state index contributed by atoms with van der Waals surface area (Å²) in [5.41, 5.74) is 1.18. The summed E-state index contributed by atoms with van der Waals surface area (Å²) >= 11 is 0. The van der Waals surface area contributed by atoms with Gasteiger partial charge >= 0.3 is 12.0 Å². The van der Waals surface area contributed by atoms with Crippen molar-refractivity contribution in [1.82, 2.24) is 15.8 Å². The number of aromatic nitrogens is 1. The first kappa shape index (κ1) is 20.2. The van der Waals surface area contributed by atoms with Crippen LogP contribution in [0, 0.1) is 12.8 Å². The highest BCUT2D eigenvalue weighted by molar-refractivity contribution is 5.99. The van der Waals surface area contributed by atoms with E-state index in [1.54, 1.807) is 31.2 Å². The molecule has 144 valence electrons.